The van der Waals surface area contributed by atoms with Gasteiger partial charge in [-0.1, -0.05) is 31.9 Å². The van der Waals surface area contributed by atoms with Crippen molar-refractivity contribution in [2.75, 3.05) is 23.8 Å². The molecule has 6 heteroatoms. The van der Waals surface area contributed by atoms with E-state index in [2.05, 4.69) is 22.5 Å². The molecular weight excluding hydrogens is 330 g/mol. The van der Waals surface area contributed by atoms with Gasteiger partial charge in [0.05, 0.1) is 29.1 Å². The molecule has 0 saturated heterocycles. The molecule has 1 amide bonds. The van der Waals surface area contributed by atoms with E-state index in [-0.39, 0.29) is 12.5 Å². The molecule has 2 aromatic rings. The second-order valence-corrected chi connectivity index (χ2v) is 5.82. The van der Waals surface area contributed by atoms with Crippen molar-refractivity contribution in [1.29, 1.82) is 0 Å². The highest BCUT2D eigenvalue weighted by Crippen LogP contribution is 2.18. The van der Waals surface area contributed by atoms with Crippen LogP contribution in [-0.2, 0) is 4.74 Å². The van der Waals surface area contributed by atoms with Crippen LogP contribution in [0.1, 0.15) is 53.8 Å². The van der Waals surface area contributed by atoms with Crippen LogP contribution in [0.2, 0.25) is 0 Å². The molecular formula is C20H25N3O3. The second kappa shape index (κ2) is 10.2. The van der Waals surface area contributed by atoms with Gasteiger partial charge in [-0.3, -0.25) is 9.78 Å². The average molecular weight is 355 g/mol. The fourth-order valence-corrected chi connectivity index (χ4v) is 2.44. The summed E-state index contributed by atoms with van der Waals surface area (Å²) in [5, 5.41) is 6.03. The summed E-state index contributed by atoms with van der Waals surface area (Å²) in [6.45, 7) is 5.01. The molecule has 0 atom stereocenters. The Balaban J connectivity index is 2.07. The summed E-state index contributed by atoms with van der Waals surface area (Å²) in [5.41, 5.74) is 1.96. The van der Waals surface area contributed by atoms with Crippen molar-refractivity contribution in [1.82, 2.24) is 4.98 Å². The topological polar surface area (TPSA) is 80.3 Å². The number of unbranched alkanes of at least 4 members (excludes halogenated alkanes) is 2. The van der Waals surface area contributed by atoms with Gasteiger partial charge < -0.3 is 15.4 Å². The number of carbonyl (C=O) groups is 2. The Morgan fingerprint density at radius 2 is 1.92 bits per heavy atom. The summed E-state index contributed by atoms with van der Waals surface area (Å²) in [6.07, 6.45) is 6.57. The molecule has 6 nitrogen and oxygen atoms in total. The number of esters is 1. The van der Waals surface area contributed by atoms with Crippen LogP contribution in [0.3, 0.4) is 0 Å². The van der Waals surface area contributed by atoms with Gasteiger partial charge in [0, 0.05) is 18.9 Å². The smallest absolute Gasteiger partial charge is 0.340 e. The minimum absolute atomic E-state index is 0.275. The lowest BCUT2D eigenvalue weighted by molar-refractivity contribution is 0.0527. The third-order valence-corrected chi connectivity index (χ3v) is 3.78. The first-order valence-electron chi connectivity index (χ1n) is 8.92. The van der Waals surface area contributed by atoms with Gasteiger partial charge in [-0.05, 0) is 31.5 Å². The normalized spacial score (nSPS) is 10.2. The number of hydrogen-bond donors (Lipinski definition) is 2. The van der Waals surface area contributed by atoms with E-state index in [4.69, 9.17) is 4.74 Å². The Kier molecular flexibility index (Phi) is 7.61. The Morgan fingerprint density at radius 3 is 2.69 bits per heavy atom. The van der Waals surface area contributed by atoms with Gasteiger partial charge in [0.1, 0.15) is 0 Å². The van der Waals surface area contributed by atoms with Gasteiger partial charge >= 0.3 is 5.97 Å². The van der Waals surface area contributed by atoms with Crippen molar-refractivity contribution >= 4 is 23.3 Å². The van der Waals surface area contributed by atoms with Crippen molar-refractivity contribution in [3.05, 3.63) is 53.9 Å². The number of amides is 1. The molecule has 2 rings (SSSR count). The van der Waals surface area contributed by atoms with Gasteiger partial charge in [0.2, 0.25) is 0 Å². The van der Waals surface area contributed by atoms with Crippen molar-refractivity contribution < 1.29 is 14.3 Å². The van der Waals surface area contributed by atoms with E-state index in [9.17, 15) is 9.59 Å². The van der Waals surface area contributed by atoms with E-state index >= 15 is 0 Å². The van der Waals surface area contributed by atoms with Gasteiger partial charge in [0.25, 0.3) is 5.91 Å². The highest BCUT2D eigenvalue weighted by Gasteiger charge is 2.15. The maximum atomic E-state index is 12.5. The number of para-hydroxylation sites is 1. The summed E-state index contributed by atoms with van der Waals surface area (Å²) in [4.78, 5) is 28.7. The van der Waals surface area contributed by atoms with E-state index in [1.54, 1.807) is 43.5 Å². The Labute approximate surface area is 154 Å². The zero-order valence-electron chi connectivity index (χ0n) is 15.2. The largest absolute Gasteiger partial charge is 0.462 e. The monoisotopic (exact) mass is 355 g/mol. The van der Waals surface area contributed by atoms with Crippen molar-refractivity contribution in [2.24, 2.45) is 0 Å². The number of nitrogens with zero attached hydrogens (tertiary/aromatic N) is 1. The quantitative estimate of drug-likeness (QED) is 0.522. The molecule has 0 fully saturated rings. The van der Waals surface area contributed by atoms with Crippen molar-refractivity contribution in [3.8, 4) is 0 Å². The number of nitrogens with one attached hydrogen (secondary N) is 2. The van der Waals surface area contributed by atoms with Gasteiger partial charge in [-0.2, -0.15) is 0 Å². The van der Waals surface area contributed by atoms with Crippen molar-refractivity contribution in [3.63, 3.8) is 0 Å². The molecule has 0 aliphatic carbocycles. The number of hydrogen-bond acceptors (Lipinski definition) is 5. The third kappa shape index (κ3) is 5.58. The minimum Gasteiger partial charge on any atom is -0.462 e. The third-order valence-electron chi connectivity index (χ3n) is 3.78. The summed E-state index contributed by atoms with van der Waals surface area (Å²) in [7, 11) is 0. The number of benzene rings is 1. The number of anilines is 2. The predicted molar refractivity (Wildman–Crippen MR) is 103 cm³/mol. The van der Waals surface area contributed by atoms with E-state index < -0.39 is 5.97 Å². The zero-order valence-corrected chi connectivity index (χ0v) is 15.2. The summed E-state index contributed by atoms with van der Waals surface area (Å²) in [6, 6.07) is 8.52. The second-order valence-electron chi connectivity index (χ2n) is 5.82. The molecule has 0 bridgehead atoms. The van der Waals surface area contributed by atoms with Crippen LogP contribution in [-0.4, -0.2) is 30.0 Å². The van der Waals surface area contributed by atoms with Gasteiger partial charge in [0.15, 0.2) is 0 Å². The molecule has 0 radical (unpaired) electrons. The first-order valence-corrected chi connectivity index (χ1v) is 8.92. The molecule has 0 aliphatic heterocycles. The lowest BCUT2D eigenvalue weighted by Gasteiger charge is -2.11. The Hall–Kier alpha value is -2.89. The predicted octanol–water partition coefficient (Wildman–Crippen LogP) is 4.11. The number of aromatic nitrogens is 1. The first-order chi connectivity index (χ1) is 12.7. The number of carbonyl (C=O) groups excluding carboxylic acids is 2. The van der Waals surface area contributed by atoms with E-state index in [0.717, 1.165) is 31.5 Å². The highest BCUT2D eigenvalue weighted by molar-refractivity contribution is 6.08. The molecule has 0 unspecified atom stereocenters. The zero-order chi connectivity index (χ0) is 18.8. The Bertz CT molecular complexity index is 747. The van der Waals surface area contributed by atoms with Crippen molar-refractivity contribution in [2.45, 2.75) is 33.1 Å². The average Bonchev–Trinajstić information content (AvgIpc) is 2.66. The van der Waals surface area contributed by atoms with E-state index in [1.165, 1.54) is 6.20 Å². The molecule has 26 heavy (non-hydrogen) atoms. The van der Waals surface area contributed by atoms with Gasteiger partial charge in [-0.15, -0.1) is 0 Å². The van der Waals surface area contributed by atoms with Crippen LogP contribution < -0.4 is 10.6 Å². The lowest BCUT2D eigenvalue weighted by atomic mass is 10.1. The fraction of sp³-hybridized carbons (Fsp3) is 0.350. The maximum Gasteiger partial charge on any atom is 0.340 e. The summed E-state index contributed by atoms with van der Waals surface area (Å²) < 4.78 is 5.03. The SMILES string of the molecule is CCCCCNc1cncc(C(=O)Nc2ccccc2C(=O)OCC)c1. The standard InChI is InChI=1S/C20H25N3O3/c1-3-5-8-11-22-16-12-15(13-21-14-16)19(24)23-18-10-7-6-9-17(18)20(25)26-4-2/h6-7,9-10,12-14,22H,3-5,8,11H2,1-2H3,(H,23,24). The number of pyridine rings is 1. The van der Waals surface area contributed by atoms with Crippen LogP contribution in [0.15, 0.2) is 42.7 Å². The Morgan fingerprint density at radius 1 is 1.12 bits per heavy atom. The van der Waals surface area contributed by atoms with Crippen LogP contribution >= 0.6 is 0 Å². The molecule has 1 aromatic carbocycles. The highest BCUT2D eigenvalue weighted by atomic mass is 16.5. The number of ether oxygens (including phenoxy) is 1. The number of rotatable bonds is 9. The van der Waals surface area contributed by atoms with Crippen LogP contribution in [0.4, 0.5) is 11.4 Å². The minimum atomic E-state index is -0.465. The molecule has 0 spiro atoms. The lowest BCUT2D eigenvalue weighted by Crippen LogP contribution is -2.16. The summed E-state index contributed by atoms with van der Waals surface area (Å²) in [5.74, 6) is -0.792. The van der Waals surface area contributed by atoms with Crippen LogP contribution in [0, 0.1) is 0 Å². The van der Waals surface area contributed by atoms with Crippen LogP contribution in [0.5, 0.6) is 0 Å². The molecule has 0 saturated carbocycles. The maximum absolute atomic E-state index is 12.5. The van der Waals surface area contributed by atoms with Crippen LogP contribution in [0.25, 0.3) is 0 Å². The fourth-order valence-electron chi connectivity index (χ4n) is 2.44. The first kappa shape index (κ1) is 19.4. The molecule has 0 aliphatic rings. The molecule has 1 heterocycles. The molecule has 138 valence electrons. The molecule has 2 N–H and O–H groups in total. The van der Waals surface area contributed by atoms with E-state index in [1.807, 2.05) is 0 Å². The molecule has 1 aromatic heterocycles. The van der Waals surface area contributed by atoms with Gasteiger partial charge in [-0.25, -0.2) is 4.79 Å². The van der Waals surface area contributed by atoms with E-state index in [0.29, 0.717) is 16.8 Å². The summed E-state index contributed by atoms with van der Waals surface area (Å²) >= 11 is 0.